The standard InChI is InChI=1S/C16H15BrN2O3/c1-21-14-8-7-11(9-15(14)22-2)16(20)19-18-10-12-5-3-4-6-13(12)17/h3-10H,1-2H3,(H,19,20)/b18-10-. The summed E-state index contributed by atoms with van der Waals surface area (Å²) < 4.78 is 11.2. The van der Waals surface area contributed by atoms with Crippen LogP contribution in [0.25, 0.3) is 0 Å². The molecule has 0 saturated carbocycles. The molecule has 6 heteroatoms. The van der Waals surface area contributed by atoms with E-state index in [1.165, 1.54) is 7.11 Å². The second kappa shape index (κ2) is 7.61. The SMILES string of the molecule is COc1ccc(C(=O)N/N=C\c2ccccc2Br)cc1OC. The van der Waals surface area contributed by atoms with Crippen LogP contribution in [0.2, 0.25) is 0 Å². The molecule has 0 radical (unpaired) electrons. The van der Waals surface area contributed by atoms with Crippen LogP contribution in [0.4, 0.5) is 0 Å². The molecule has 0 aliphatic rings. The third-order valence-corrected chi connectivity index (χ3v) is 3.64. The lowest BCUT2D eigenvalue weighted by Crippen LogP contribution is -2.17. The van der Waals surface area contributed by atoms with Crippen molar-refractivity contribution in [1.82, 2.24) is 5.43 Å². The quantitative estimate of drug-likeness (QED) is 0.656. The maximum atomic E-state index is 12.1. The van der Waals surface area contributed by atoms with Gasteiger partial charge in [-0.25, -0.2) is 5.43 Å². The molecule has 0 aliphatic carbocycles. The average Bonchev–Trinajstić information content (AvgIpc) is 2.55. The lowest BCUT2D eigenvalue weighted by molar-refractivity contribution is 0.0954. The molecule has 0 unspecified atom stereocenters. The first-order chi connectivity index (χ1) is 10.7. The Morgan fingerprint density at radius 3 is 2.55 bits per heavy atom. The number of benzene rings is 2. The monoisotopic (exact) mass is 362 g/mol. The van der Waals surface area contributed by atoms with Crippen molar-refractivity contribution in [2.45, 2.75) is 0 Å². The summed E-state index contributed by atoms with van der Waals surface area (Å²) >= 11 is 3.41. The van der Waals surface area contributed by atoms with Crippen molar-refractivity contribution in [2.75, 3.05) is 14.2 Å². The van der Waals surface area contributed by atoms with E-state index in [1.54, 1.807) is 31.5 Å². The number of hydrogen-bond donors (Lipinski definition) is 1. The van der Waals surface area contributed by atoms with E-state index in [1.807, 2.05) is 24.3 Å². The van der Waals surface area contributed by atoms with Crippen LogP contribution in [-0.2, 0) is 0 Å². The molecule has 2 aromatic carbocycles. The second-order valence-corrected chi connectivity index (χ2v) is 5.14. The van der Waals surface area contributed by atoms with Gasteiger partial charge >= 0.3 is 0 Å². The first-order valence-electron chi connectivity index (χ1n) is 6.45. The summed E-state index contributed by atoms with van der Waals surface area (Å²) in [6.07, 6.45) is 1.57. The Morgan fingerprint density at radius 1 is 1.14 bits per heavy atom. The molecule has 0 bridgehead atoms. The van der Waals surface area contributed by atoms with Gasteiger partial charge in [-0.2, -0.15) is 5.10 Å². The van der Waals surface area contributed by atoms with Crippen LogP contribution < -0.4 is 14.9 Å². The van der Waals surface area contributed by atoms with Crippen molar-refractivity contribution >= 4 is 28.1 Å². The van der Waals surface area contributed by atoms with Crippen molar-refractivity contribution < 1.29 is 14.3 Å². The number of methoxy groups -OCH3 is 2. The number of hydrazone groups is 1. The van der Waals surface area contributed by atoms with Crippen LogP contribution in [0.1, 0.15) is 15.9 Å². The first-order valence-corrected chi connectivity index (χ1v) is 7.25. The van der Waals surface area contributed by atoms with Gasteiger partial charge in [0.2, 0.25) is 0 Å². The van der Waals surface area contributed by atoms with Gasteiger partial charge in [0.05, 0.1) is 20.4 Å². The third kappa shape index (κ3) is 3.85. The topological polar surface area (TPSA) is 59.9 Å². The van der Waals surface area contributed by atoms with Gasteiger partial charge in [-0.05, 0) is 24.3 Å². The fourth-order valence-corrected chi connectivity index (χ4v) is 2.17. The number of halogens is 1. The van der Waals surface area contributed by atoms with Crippen molar-refractivity contribution in [3.05, 3.63) is 58.1 Å². The molecule has 0 aliphatic heterocycles. The first kappa shape index (κ1) is 16.0. The smallest absolute Gasteiger partial charge is 0.271 e. The molecule has 2 aromatic rings. The van der Waals surface area contributed by atoms with Gasteiger partial charge in [0.25, 0.3) is 5.91 Å². The fraction of sp³-hybridized carbons (Fsp3) is 0.125. The number of ether oxygens (including phenoxy) is 2. The Balaban J connectivity index is 2.08. The fourth-order valence-electron chi connectivity index (χ4n) is 1.78. The van der Waals surface area contributed by atoms with Crippen LogP contribution in [0.5, 0.6) is 11.5 Å². The summed E-state index contributed by atoms with van der Waals surface area (Å²) in [6.45, 7) is 0. The van der Waals surface area contributed by atoms with Crippen LogP contribution in [0.3, 0.4) is 0 Å². The molecular weight excluding hydrogens is 348 g/mol. The van der Waals surface area contributed by atoms with Crippen molar-refractivity contribution in [3.63, 3.8) is 0 Å². The highest BCUT2D eigenvalue weighted by Gasteiger charge is 2.09. The normalized spacial score (nSPS) is 10.5. The Hall–Kier alpha value is -2.34. The lowest BCUT2D eigenvalue weighted by Gasteiger charge is -2.08. The van der Waals surface area contributed by atoms with Gasteiger partial charge in [0.1, 0.15) is 0 Å². The average molecular weight is 363 g/mol. The van der Waals surface area contributed by atoms with Crippen LogP contribution >= 0.6 is 15.9 Å². The Bertz CT molecular complexity index is 702. The van der Waals surface area contributed by atoms with Gasteiger partial charge in [-0.1, -0.05) is 34.1 Å². The second-order valence-electron chi connectivity index (χ2n) is 4.29. The maximum Gasteiger partial charge on any atom is 0.271 e. The predicted molar refractivity (Wildman–Crippen MR) is 88.7 cm³/mol. The molecule has 0 saturated heterocycles. The highest BCUT2D eigenvalue weighted by atomic mass is 79.9. The minimum Gasteiger partial charge on any atom is -0.493 e. The molecule has 0 spiro atoms. The van der Waals surface area contributed by atoms with Crippen molar-refractivity contribution in [3.8, 4) is 11.5 Å². The van der Waals surface area contributed by atoms with Crippen LogP contribution in [-0.4, -0.2) is 26.3 Å². The van der Waals surface area contributed by atoms with E-state index in [0.29, 0.717) is 17.1 Å². The highest BCUT2D eigenvalue weighted by Crippen LogP contribution is 2.27. The molecule has 0 aromatic heterocycles. The van der Waals surface area contributed by atoms with E-state index in [-0.39, 0.29) is 5.91 Å². The zero-order valence-electron chi connectivity index (χ0n) is 12.2. The third-order valence-electron chi connectivity index (χ3n) is 2.92. The van der Waals surface area contributed by atoms with E-state index in [4.69, 9.17) is 9.47 Å². The number of carbonyl (C=O) groups is 1. The molecule has 0 heterocycles. The van der Waals surface area contributed by atoms with Gasteiger partial charge < -0.3 is 9.47 Å². The summed E-state index contributed by atoms with van der Waals surface area (Å²) in [5, 5.41) is 3.95. The Labute approximate surface area is 137 Å². The molecule has 2 rings (SSSR count). The Morgan fingerprint density at radius 2 is 1.86 bits per heavy atom. The number of carbonyl (C=O) groups excluding carboxylic acids is 1. The number of hydrogen-bond acceptors (Lipinski definition) is 4. The summed E-state index contributed by atoms with van der Waals surface area (Å²) in [5.74, 6) is 0.727. The summed E-state index contributed by atoms with van der Waals surface area (Å²) in [5.41, 5.74) is 3.78. The number of nitrogens with one attached hydrogen (secondary N) is 1. The van der Waals surface area contributed by atoms with E-state index < -0.39 is 0 Å². The lowest BCUT2D eigenvalue weighted by atomic mass is 10.2. The van der Waals surface area contributed by atoms with Gasteiger partial charge in [-0.15, -0.1) is 0 Å². The molecule has 1 N–H and O–H groups in total. The van der Waals surface area contributed by atoms with E-state index in [2.05, 4.69) is 26.5 Å². The van der Waals surface area contributed by atoms with Gasteiger partial charge in [0.15, 0.2) is 11.5 Å². The number of amides is 1. The largest absolute Gasteiger partial charge is 0.493 e. The number of rotatable bonds is 5. The van der Waals surface area contributed by atoms with E-state index in [0.717, 1.165) is 10.0 Å². The minimum atomic E-state index is -0.329. The zero-order valence-corrected chi connectivity index (χ0v) is 13.8. The summed E-state index contributed by atoms with van der Waals surface area (Å²) in [7, 11) is 3.06. The molecule has 0 fully saturated rings. The Kier molecular flexibility index (Phi) is 5.55. The molecule has 22 heavy (non-hydrogen) atoms. The summed E-state index contributed by atoms with van der Waals surface area (Å²) in [4.78, 5) is 12.1. The van der Waals surface area contributed by atoms with Crippen molar-refractivity contribution in [1.29, 1.82) is 0 Å². The highest BCUT2D eigenvalue weighted by molar-refractivity contribution is 9.10. The minimum absolute atomic E-state index is 0.329. The number of nitrogens with zero attached hydrogens (tertiary/aromatic N) is 1. The summed E-state index contributed by atoms with van der Waals surface area (Å²) in [6, 6.07) is 12.5. The molecule has 1 amide bonds. The predicted octanol–water partition coefficient (Wildman–Crippen LogP) is 3.23. The van der Waals surface area contributed by atoms with Crippen molar-refractivity contribution in [2.24, 2.45) is 5.10 Å². The van der Waals surface area contributed by atoms with Crippen LogP contribution in [0.15, 0.2) is 52.0 Å². The molecular formula is C16H15BrN2O3. The molecule has 0 atom stereocenters. The van der Waals surface area contributed by atoms with Crippen LogP contribution in [0, 0.1) is 0 Å². The zero-order chi connectivity index (χ0) is 15.9. The molecule has 5 nitrogen and oxygen atoms in total. The maximum absolute atomic E-state index is 12.1. The van der Waals surface area contributed by atoms with E-state index >= 15 is 0 Å². The molecule has 114 valence electrons. The van der Waals surface area contributed by atoms with Gasteiger partial charge in [0, 0.05) is 15.6 Å². The van der Waals surface area contributed by atoms with E-state index in [9.17, 15) is 4.79 Å². The van der Waals surface area contributed by atoms with Gasteiger partial charge in [-0.3, -0.25) is 4.79 Å².